The van der Waals surface area contributed by atoms with Crippen LogP contribution in [0.4, 0.5) is 0 Å². The van der Waals surface area contributed by atoms with Crippen LogP contribution < -0.4 is 0 Å². The van der Waals surface area contributed by atoms with Crippen molar-refractivity contribution in [2.24, 2.45) is 5.92 Å². The van der Waals surface area contributed by atoms with Crippen molar-refractivity contribution in [2.75, 3.05) is 13.6 Å². The van der Waals surface area contributed by atoms with E-state index in [0.717, 1.165) is 10.4 Å². The molecule has 0 amide bonds. The minimum atomic E-state index is 0.0829. The smallest absolute Gasteiger partial charge is 0.149 e. The molecular formula is C22H28N+. The Balaban J connectivity index is 1.98. The number of rotatable bonds is 3. The molecule has 4 rings (SSSR count). The number of hydrogen-bond acceptors (Lipinski definition) is 0. The Labute approximate surface area is 140 Å². The molecule has 1 heteroatoms. The monoisotopic (exact) mass is 306 g/mol. The predicted molar refractivity (Wildman–Crippen MR) is 96.3 cm³/mol. The zero-order chi connectivity index (χ0) is 16.2. The number of quaternary nitrogens is 1. The molecule has 2 bridgehead atoms. The average Bonchev–Trinajstić information content (AvgIpc) is 2.68. The highest BCUT2D eigenvalue weighted by molar-refractivity contribution is 5.51. The summed E-state index contributed by atoms with van der Waals surface area (Å²) < 4.78 is 1.14. The molecule has 0 radical (unpaired) electrons. The fourth-order valence-electron chi connectivity index (χ4n) is 5.32. The molecule has 4 atom stereocenters. The minimum absolute atomic E-state index is 0.0829. The Morgan fingerprint density at radius 3 is 2.48 bits per heavy atom. The van der Waals surface area contributed by atoms with E-state index in [-0.39, 0.29) is 5.54 Å². The molecule has 0 N–H and O–H groups in total. The van der Waals surface area contributed by atoms with Crippen LogP contribution in [0.3, 0.4) is 0 Å². The van der Waals surface area contributed by atoms with Gasteiger partial charge in [-0.15, -0.1) is 0 Å². The molecule has 1 unspecified atom stereocenters. The number of likely N-dealkylation sites (N-methyl/N-ethyl adjacent to an activating group) is 1. The molecule has 120 valence electrons. The normalized spacial score (nSPS) is 32.3. The van der Waals surface area contributed by atoms with E-state index in [1.54, 1.807) is 22.3 Å². The molecule has 2 aromatic rings. The molecule has 0 spiro atoms. The molecular weight excluding hydrogens is 278 g/mol. The summed E-state index contributed by atoms with van der Waals surface area (Å²) in [6.07, 6.45) is 2.43. The fraction of sp³-hybridized carbons (Fsp3) is 0.455. The van der Waals surface area contributed by atoms with Crippen LogP contribution in [0.1, 0.15) is 55.5 Å². The summed E-state index contributed by atoms with van der Waals surface area (Å²) in [7, 11) is 2.51. The molecule has 2 aliphatic rings. The van der Waals surface area contributed by atoms with Gasteiger partial charge in [0.2, 0.25) is 0 Å². The van der Waals surface area contributed by atoms with Crippen molar-refractivity contribution in [3.63, 3.8) is 0 Å². The molecule has 0 saturated carbocycles. The number of nitrogens with zero attached hydrogens (tertiary/aromatic N) is 1. The van der Waals surface area contributed by atoms with Gasteiger partial charge in [-0.25, -0.2) is 0 Å². The van der Waals surface area contributed by atoms with Crippen molar-refractivity contribution in [3.05, 3.63) is 70.8 Å². The zero-order valence-electron chi connectivity index (χ0n) is 14.8. The summed E-state index contributed by atoms with van der Waals surface area (Å²) >= 11 is 0. The molecule has 0 saturated heterocycles. The number of fused-ring (bicyclic) bond motifs is 7. The van der Waals surface area contributed by atoms with E-state index in [9.17, 15) is 0 Å². The van der Waals surface area contributed by atoms with Crippen LogP contribution in [0.15, 0.2) is 48.5 Å². The van der Waals surface area contributed by atoms with E-state index in [4.69, 9.17) is 0 Å². The first-order valence-corrected chi connectivity index (χ1v) is 9.05. The van der Waals surface area contributed by atoms with Gasteiger partial charge in [-0.3, -0.25) is 0 Å². The summed E-state index contributed by atoms with van der Waals surface area (Å²) in [5.74, 6) is 0.751. The summed E-state index contributed by atoms with van der Waals surface area (Å²) in [6.45, 7) is 8.48. The maximum absolute atomic E-state index is 2.51. The fourth-order valence-corrected chi connectivity index (χ4v) is 5.32. The lowest BCUT2D eigenvalue weighted by atomic mass is 9.78. The molecule has 2 aliphatic heterocycles. The van der Waals surface area contributed by atoms with Crippen LogP contribution >= 0.6 is 0 Å². The highest BCUT2D eigenvalue weighted by Gasteiger charge is 2.62. The third-order valence-corrected chi connectivity index (χ3v) is 6.90. The Hall–Kier alpha value is -1.60. The highest BCUT2D eigenvalue weighted by Crippen LogP contribution is 2.59. The maximum atomic E-state index is 2.51. The summed E-state index contributed by atoms with van der Waals surface area (Å²) in [6, 6.07) is 19.0. The summed E-state index contributed by atoms with van der Waals surface area (Å²) in [4.78, 5) is 0. The Morgan fingerprint density at radius 1 is 1.09 bits per heavy atom. The minimum Gasteiger partial charge on any atom is -0.307 e. The lowest BCUT2D eigenvalue weighted by Crippen LogP contribution is -2.60. The largest absolute Gasteiger partial charge is 0.307 e. The van der Waals surface area contributed by atoms with Crippen molar-refractivity contribution >= 4 is 0 Å². The van der Waals surface area contributed by atoms with Gasteiger partial charge in [0.05, 0.1) is 13.6 Å². The Bertz CT molecular complexity index is 736. The Morgan fingerprint density at radius 2 is 1.74 bits per heavy atom. The van der Waals surface area contributed by atoms with Crippen LogP contribution in [0, 0.1) is 5.92 Å². The highest BCUT2D eigenvalue weighted by atomic mass is 15.4. The first-order valence-electron chi connectivity index (χ1n) is 9.05. The van der Waals surface area contributed by atoms with Crippen LogP contribution in [0.25, 0.3) is 0 Å². The maximum Gasteiger partial charge on any atom is 0.149 e. The van der Waals surface area contributed by atoms with Crippen molar-refractivity contribution < 1.29 is 4.48 Å². The van der Waals surface area contributed by atoms with E-state index >= 15 is 0 Å². The predicted octanol–water partition coefficient (Wildman–Crippen LogP) is 5.05. The third kappa shape index (κ3) is 1.77. The number of benzene rings is 2. The van der Waals surface area contributed by atoms with Crippen molar-refractivity contribution in [1.82, 2.24) is 0 Å². The van der Waals surface area contributed by atoms with E-state index in [0.29, 0.717) is 6.04 Å². The third-order valence-electron chi connectivity index (χ3n) is 6.90. The van der Waals surface area contributed by atoms with Gasteiger partial charge in [-0.2, -0.15) is 0 Å². The molecule has 0 fully saturated rings. The molecule has 23 heavy (non-hydrogen) atoms. The topological polar surface area (TPSA) is 0 Å². The second kappa shape index (κ2) is 4.95. The van der Waals surface area contributed by atoms with Crippen molar-refractivity contribution in [1.29, 1.82) is 0 Å². The van der Waals surface area contributed by atoms with Gasteiger partial charge in [0.25, 0.3) is 0 Å². The van der Waals surface area contributed by atoms with Crippen LogP contribution in [-0.4, -0.2) is 18.1 Å². The second-order valence-electron chi connectivity index (χ2n) is 8.00. The van der Waals surface area contributed by atoms with Gasteiger partial charge in [0.15, 0.2) is 0 Å². The first-order chi connectivity index (χ1) is 11.0. The quantitative estimate of drug-likeness (QED) is 0.696. The molecule has 2 aromatic carbocycles. The van der Waals surface area contributed by atoms with Crippen LogP contribution in [-0.2, 0) is 12.0 Å². The van der Waals surface area contributed by atoms with Crippen molar-refractivity contribution in [3.8, 4) is 0 Å². The van der Waals surface area contributed by atoms with Crippen molar-refractivity contribution in [2.45, 2.75) is 45.2 Å². The number of hydrogen-bond donors (Lipinski definition) is 0. The summed E-state index contributed by atoms with van der Waals surface area (Å²) in [5.41, 5.74) is 6.32. The first kappa shape index (κ1) is 15.0. The van der Waals surface area contributed by atoms with Gasteiger partial charge in [0, 0.05) is 29.0 Å². The van der Waals surface area contributed by atoms with Gasteiger partial charge in [-0.1, -0.05) is 62.4 Å². The SMILES string of the molecule is CCC(C)C[N@+]1(C)[C@H]2Cc3ccccc3[C@]1(C)c1ccccc12. The standard InChI is InChI=1S/C22H28N/c1-5-16(2)15-23(4)21-14-17-10-6-8-12-19(17)22(23,3)20-13-9-7-11-18(20)21/h6-13,16,21H,5,14-15H2,1-4H3/q+1/t16?,21-,22+,23+/m0/s1. The lowest BCUT2D eigenvalue weighted by Gasteiger charge is -2.53. The lowest BCUT2D eigenvalue weighted by molar-refractivity contribution is -0.984. The Kier molecular flexibility index (Phi) is 3.22. The molecule has 0 aliphatic carbocycles. The molecule has 2 heterocycles. The van der Waals surface area contributed by atoms with E-state index < -0.39 is 0 Å². The van der Waals surface area contributed by atoms with Crippen LogP contribution in [0.5, 0.6) is 0 Å². The molecule has 0 aromatic heterocycles. The van der Waals surface area contributed by atoms with Gasteiger partial charge < -0.3 is 4.48 Å². The molecule has 1 nitrogen and oxygen atoms in total. The van der Waals surface area contributed by atoms with E-state index in [2.05, 4.69) is 76.3 Å². The van der Waals surface area contributed by atoms with Gasteiger partial charge >= 0.3 is 0 Å². The van der Waals surface area contributed by atoms with Gasteiger partial charge in [0.1, 0.15) is 11.6 Å². The van der Waals surface area contributed by atoms with Gasteiger partial charge in [-0.05, 0) is 18.9 Å². The van der Waals surface area contributed by atoms with E-state index in [1.165, 1.54) is 19.4 Å². The zero-order valence-corrected chi connectivity index (χ0v) is 14.8. The average molecular weight is 306 g/mol. The second-order valence-corrected chi connectivity index (χ2v) is 8.00. The van der Waals surface area contributed by atoms with Crippen LogP contribution in [0.2, 0.25) is 0 Å². The van der Waals surface area contributed by atoms with E-state index in [1.807, 2.05) is 0 Å². The summed E-state index contributed by atoms with van der Waals surface area (Å²) in [5, 5.41) is 0.